The van der Waals surface area contributed by atoms with Gasteiger partial charge in [-0.1, -0.05) is 5.16 Å². The summed E-state index contributed by atoms with van der Waals surface area (Å²) in [5, 5.41) is 6.77. The summed E-state index contributed by atoms with van der Waals surface area (Å²) >= 11 is 0. The van der Waals surface area contributed by atoms with E-state index >= 15 is 0 Å². The molecule has 0 aromatic carbocycles. The fourth-order valence-electron chi connectivity index (χ4n) is 1.21. The maximum Gasteiger partial charge on any atom is 0.155 e. The molecule has 15 heavy (non-hydrogen) atoms. The monoisotopic (exact) mass is 204 g/mol. The summed E-state index contributed by atoms with van der Waals surface area (Å²) in [6.45, 7) is 4.39. The summed E-state index contributed by atoms with van der Waals surface area (Å²) in [4.78, 5) is 8.54. The Hall–Kier alpha value is -1.91. The van der Waals surface area contributed by atoms with Crippen molar-refractivity contribution in [3.05, 3.63) is 35.6 Å². The largest absolute Gasteiger partial charge is 0.361 e. The van der Waals surface area contributed by atoms with Crippen LogP contribution in [0.5, 0.6) is 0 Å². The molecule has 0 unspecified atom stereocenters. The van der Waals surface area contributed by atoms with E-state index < -0.39 is 0 Å². The first-order valence-electron chi connectivity index (χ1n) is 4.69. The molecule has 0 bridgehead atoms. The van der Waals surface area contributed by atoms with Gasteiger partial charge in [-0.05, 0) is 13.8 Å². The minimum Gasteiger partial charge on any atom is -0.361 e. The molecule has 0 fully saturated rings. The Labute approximate surface area is 87.5 Å². The van der Waals surface area contributed by atoms with Crippen molar-refractivity contribution >= 4 is 5.82 Å². The van der Waals surface area contributed by atoms with E-state index in [-0.39, 0.29) is 0 Å². The van der Waals surface area contributed by atoms with Crippen molar-refractivity contribution in [2.24, 2.45) is 0 Å². The molecule has 2 heterocycles. The van der Waals surface area contributed by atoms with E-state index in [9.17, 15) is 0 Å². The van der Waals surface area contributed by atoms with Crippen LogP contribution < -0.4 is 5.32 Å². The van der Waals surface area contributed by atoms with Gasteiger partial charge in [0.25, 0.3) is 0 Å². The summed E-state index contributed by atoms with van der Waals surface area (Å²) in [6.07, 6.45) is 3.36. The topological polar surface area (TPSA) is 63.8 Å². The standard InChI is InChI=1S/C10H12N4O/c1-7-5-11-8(2)10(14-7)12-6-9-3-4-13-15-9/h3-5H,6H2,1-2H3,(H,12,14). The van der Waals surface area contributed by atoms with Gasteiger partial charge in [0.05, 0.1) is 24.1 Å². The van der Waals surface area contributed by atoms with Gasteiger partial charge in [0.15, 0.2) is 5.76 Å². The third kappa shape index (κ3) is 2.31. The Morgan fingerprint density at radius 2 is 2.27 bits per heavy atom. The first-order chi connectivity index (χ1) is 7.25. The molecule has 2 aromatic heterocycles. The van der Waals surface area contributed by atoms with Crippen LogP contribution in [0.2, 0.25) is 0 Å². The highest BCUT2D eigenvalue weighted by molar-refractivity contribution is 5.39. The molecule has 2 aromatic rings. The van der Waals surface area contributed by atoms with Crippen LogP contribution >= 0.6 is 0 Å². The van der Waals surface area contributed by atoms with Gasteiger partial charge in [-0.3, -0.25) is 4.98 Å². The van der Waals surface area contributed by atoms with Crippen molar-refractivity contribution in [3.63, 3.8) is 0 Å². The minimum absolute atomic E-state index is 0.568. The van der Waals surface area contributed by atoms with Crippen LogP contribution in [0, 0.1) is 13.8 Å². The summed E-state index contributed by atoms with van der Waals surface area (Å²) in [5.74, 6) is 1.56. The first kappa shape index (κ1) is 9.64. The summed E-state index contributed by atoms with van der Waals surface area (Å²) in [7, 11) is 0. The molecule has 0 aliphatic rings. The zero-order valence-electron chi connectivity index (χ0n) is 8.69. The molecule has 0 aliphatic carbocycles. The Morgan fingerprint density at radius 1 is 1.40 bits per heavy atom. The lowest BCUT2D eigenvalue weighted by Gasteiger charge is -2.06. The second kappa shape index (κ2) is 4.08. The molecular formula is C10H12N4O. The summed E-state index contributed by atoms with van der Waals surface area (Å²) < 4.78 is 4.96. The second-order valence-electron chi connectivity index (χ2n) is 3.28. The van der Waals surface area contributed by atoms with Crippen molar-refractivity contribution in [1.82, 2.24) is 15.1 Å². The van der Waals surface area contributed by atoms with Gasteiger partial charge in [-0.15, -0.1) is 0 Å². The van der Waals surface area contributed by atoms with Crippen molar-refractivity contribution in [3.8, 4) is 0 Å². The highest BCUT2D eigenvalue weighted by Crippen LogP contribution is 2.10. The van der Waals surface area contributed by atoms with Gasteiger partial charge in [0.2, 0.25) is 0 Å². The third-order valence-electron chi connectivity index (χ3n) is 2.00. The van der Waals surface area contributed by atoms with Gasteiger partial charge in [0.1, 0.15) is 5.82 Å². The molecule has 0 saturated heterocycles. The van der Waals surface area contributed by atoms with Gasteiger partial charge >= 0.3 is 0 Å². The lowest BCUT2D eigenvalue weighted by Crippen LogP contribution is -2.04. The number of hydrogen-bond donors (Lipinski definition) is 1. The second-order valence-corrected chi connectivity index (χ2v) is 3.28. The van der Waals surface area contributed by atoms with Crippen LogP contribution in [0.4, 0.5) is 5.82 Å². The zero-order chi connectivity index (χ0) is 10.7. The maximum atomic E-state index is 4.96. The Bertz CT molecular complexity index is 439. The molecule has 0 radical (unpaired) electrons. The summed E-state index contributed by atoms with van der Waals surface area (Å²) in [5.41, 5.74) is 1.76. The number of nitrogens with one attached hydrogen (secondary N) is 1. The number of rotatable bonds is 3. The number of anilines is 1. The Morgan fingerprint density at radius 3 is 3.00 bits per heavy atom. The van der Waals surface area contributed by atoms with Gasteiger partial charge in [0, 0.05) is 12.3 Å². The number of nitrogens with zero attached hydrogens (tertiary/aromatic N) is 3. The van der Waals surface area contributed by atoms with Crippen LogP contribution in [-0.2, 0) is 6.54 Å². The van der Waals surface area contributed by atoms with Crippen LogP contribution in [-0.4, -0.2) is 15.1 Å². The molecule has 78 valence electrons. The number of aromatic nitrogens is 3. The van der Waals surface area contributed by atoms with Crippen molar-refractivity contribution in [2.75, 3.05) is 5.32 Å². The molecular weight excluding hydrogens is 192 g/mol. The molecule has 0 aliphatic heterocycles. The van der Waals surface area contributed by atoms with E-state index in [0.717, 1.165) is 23.0 Å². The highest BCUT2D eigenvalue weighted by atomic mass is 16.5. The average Bonchev–Trinajstić information content (AvgIpc) is 2.72. The van der Waals surface area contributed by atoms with E-state index in [2.05, 4.69) is 20.4 Å². The van der Waals surface area contributed by atoms with Crippen molar-refractivity contribution < 1.29 is 4.52 Å². The molecule has 5 nitrogen and oxygen atoms in total. The van der Waals surface area contributed by atoms with E-state index in [0.29, 0.717) is 6.54 Å². The van der Waals surface area contributed by atoms with Crippen LogP contribution in [0.25, 0.3) is 0 Å². The predicted octanol–water partition coefficient (Wildman–Crippen LogP) is 1.69. The fourth-order valence-corrected chi connectivity index (χ4v) is 1.21. The van der Waals surface area contributed by atoms with Gasteiger partial charge < -0.3 is 9.84 Å². The maximum absolute atomic E-state index is 4.96. The van der Waals surface area contributed by atoms with E-state index in [1.807, 2.05) is 19.9 Å². The third-order valence-corrected chi connectivity index (χ3v) is 2.00. The number of aryl methyl sites for hydroxylation is 2. The van der Waals surface area contributed by atoms with Crippen LogP contribution in [0.1, 0.15) is 17.1 Å². The Kier molecular flexibility index (Phi) is 2.62. The molecule has 0 saturated carbocycles. The van der Waals surface area contributed by atoms with Gasteiger partial charge in [-0.25, -0.2) is 4.98 Å². The van der Waals surface area contributed by atoms with Gasteiger partial charge in [-0.2, -0.15) is 0 Å². The lowest BCUT2D eigenvalue weighted by molar-refractivity contribution is 0.388. The molecule has 5 heteroatoms. The minimum atomic E-state index is 0.568. The van der Waals surface area contributed by atoms with E-state index in [1.165, 1.54) is 0 Å². The van der Waals surface area contributed by atoms with Crippen LogP contribution in [0.3, 0.4) is 0 Å². The average molecular weight is 204 g/mol. The smallest absolute Gasteiger partial charge is 0.155 e. The van der Waals surface area contributed by atoms with Crippen molar-refractivity contribution in [2.45, 2.75) is 20.4 Å². The van der Waals surface area contributed by atoms with Crippen molar-refractivity contribution in [1.29, 1.82) is 0 Å². The molecule has 2 rings (SSSR count). The predicted molar refractivity (Wildman–Crippen MR) is 55.3 cm³/mol. The SMILES string of the molecule is Cc1cnc(C)c(NCc2ccno2)n1. The van der Waals surface area contributed by atoms with Crippen LogP contribution in [0.15, 0.2) is 23.0 Å². The van der Waals surface area contributed by atoms with E-state index in [4.69, 9.17) is 4.52 Å². The number of hydrogen-bond acceptors (Lipinski definition) is 5. The molecule has 0 amide bonds. The zero-order valence-corrected chi connectivity index (χ0v) is 8.69. The summed E-state index contributed by atoms with van der Waals surface area (Å²) in [6, 6.07) is 1.81. The first-order valence-corrected chi connectivity index (χ1v) is 4.69. The fraction of sp³-hybridized carbons (Fsp3) is 0.300. The van der Waals surface area contributed by atoms with E-state index in [1.54, 1.807) is 12.4 Å². The highest BCUT2D eigenvalue weighted by Gasteiger charge is 2.02. The molecule has 0 atom stereocenters. The normalized spacial score (nSPS) is 10.3. The Balaban J connectivity index is 2.07. The quantitative estimate of drug-likeness (QED) is 0.824. The molecule has 1 N–H and O–H groups in total. The lowest BCUT2D eigenvalue weighted by atomic mass is 10.4. The molecule has 0 spiro atoms.